The average molecular weight is 259 g/mol. The van der Waals surface area contributed by atoms with Crippen LogP contribution in [0.3, 0.4) is 0 Å². The molecule has 0 aromatic heterocycles. The normalized spacial score (nSPS) is 12.2. The molecule has 1 aromatic rings. The topological polar surface area (TPSA) is 46.5 Å². The number of rotatable bonds is 3. The first-order chi connectivity index (χ1) is 6.50. The Balaban J connectivity index is 2.82. The summed E-state index contributed by atoms with van der Waals surface area (Å²) in [6.45, 7) is 3.45. The lowest BCUT2D eigenvalue weighted by molar-refractivity contribution is -0.144. The molecule has 0 heterocycles. The zero-order chi connectivity index (χ0) is 10.7. The van der Waals surface area contributed by atoms with Gasteiger partial charge in [0.15, 0.2) is 6.10 Å². The van der Waals surface area contributed by atoms with E-state index in [1.165, 1.54) is 6.92 Å². The van der Waals surface area contributed by atoms with Gasteiger partial charge in [-0.25, -0.2) is 4.79 Å². The summed E-state index contributed by atoms with van der Waals surface area (Å²) in [5, 5.41) is 8.65. The standard InChI is InChI=1S/C10H11BrO3/c1-6-3-4-9(8(11)5-6)14-7(2)10(12)13/h3-5,7H,1-2H3,(H,12,13)/t7-/m0/s1. The zero-order valence-corrected chi connectivity index (χ0v) is 9.54. The molecule has 0 aliphatic heterocycles. The molecule has 14 heavy (non-hydrogen) atoms. The molecule has 3 nitrogen and oxygen atoms in total. The van der Waals surface area contributed by atoms with Gasteiger partial charge in [0.25, 0.3) is 0 Å². The monoisotopic (exact) mass is 258 g/mol. The molecule has 4 heteroatoms. The molecule has 1 rings (SSSR count). The maximum atomic E-state index is 10.5. The van der Waals surface area contributed by atoms with Crippen LogP contribution in [0.1, 0.15) is 12.5 Å². The van der Waals surface area contributed by atoms with Gasteiger partial charge in [-0.2, -0.15) is 0 Å². The number of halogens is 1. The highest BCUT2D eigenvalue weighted by atomic mass is 79.9. The minimum Gasteiger partial charge on any atom is -0.479 e. The Morgan fingerprint density at radius 1 is 1.57 bits per heavy atom. The van der Waals surface area contributed by atoms with Gasteiger partial charge in [-0.05, 0) is 47.5 Å². The van der Waals surface area contributed by atoms with Gasteiger partial charge in [-0.1, -0.05) is 6.07 Å². The lowest BCUT2D eigenvalue weighted by Crippen LogP contribution is -2.23. The SMILES string of the molecule is Cc1ccc(O[C@@H](C)C(=O)O)c(Br)c1. The Morgan fingerprint density at radius 2 is 2.21 bits per heavy atom. The third kappa shape index (κ3) is 2.73. The zero-order valence-electron chi connectivity index (χ0n) is 7.95. The minimum absolute atomic E-state index is 0.547. The molecule has 0 spiro atoms. The Bertz CT molecular complexity index is 349. The van der Waals surface area contributed by atoms with Crippen molar-refractivity contribution < 1.29 is 14.6 Å². The van der Waals surface area contributed by atoms with Crippen molar-refractivity contribution >= 4 is 21.9 Å². The molecule has 0 aliphatic carbocycles. The van der Waals surface area contributed by atoms with E-state index < -0.39 is 12.1 Å². The number of hydrogen-bond donors (Lipinski definition) is 1. The van der Waals surface area contributed by atoms with Crippen molar-refractivity contribution in [1.29, 1.82) is 0 Å². The number of ether oxygens (including phenoxy) is 1. The average Bonchev–Trinajstić information content (AvgIpc) is 2.09. The van der Waals surface area contributed by atoms with Crippen LogP contribution in [0.2, 0.25) is 0 Å². The van der Waals surface area contributed by atoms with Crippen molar-refractivity contribution in [3.8, 4) is 5.75 Å². The molecular weight excluding hydrogens is 248 g/mol. The van der Waals surface area contributed by atoms with Crippen LogP contribution in [-0.4, -0.2) is 17.2 Å². The fraction of sp³-hybridized carbons (Fsp3) is 0.300. The first-order valence-corrected chi connectivity index (χ1v) is 4.95. The number of carboxylic acids is 1. The lowest BCUT2D eigenvalue weighted by Gasteiger charge is -2.11. The fourth-order valence-corrected chi connectivity index (χ4v) is 1.53. The van der Waals surface area contributed by atoms with Crippen molar-refractivity contribution in [2.45, 2.75) is 20.0 Å². The van der Waals surface area contributed by atoms with E-state index in [2.05, 4.69) is 15.9 Å². The molecule has 1 atom stereocenters. The number of benzene rings is 1. The predicted molar refractivity (Wildman–Crippen MR) is 56.6 cm³/mol. The number of aryl methyl sites for hydroxylation is 1. The third-order valence-corrected chi connectivity index (χ3v) is 2.36. The van der Waals surface area contributed by atoms with E-state index in [-0.39, 0.29) is 0 Å². The van der Waals surface area contributed by atoms with E-state index in [1.807, 2.05) is 19.1 Å². The van der Waals surface area contributed by atoms with Gasteiger partial charge in [0.05, 0.1) is 4.47 Å². The lowest BCUT2D eigenvalue weighted by atomic mass is 10.2. The van der Waals surface area contributed by atoms with E-state index in [1.54, 1.807) is 6.07 Å². The van der Waals surface area contributed by atoms with Gasteiger partial charge in [-0.15, -0.1) is 0 Å². The molecule has 0 unspecified atom stereocenters. The van der Waals surface area contributed by atoms with Crippen LogP contribution in [0.15, 0.2) is 22.7 Å². The Kier molecular flexibility index (Phi) is 3.52. The summed E-state index contributed by atoms with van der Waals surface area (Å²) in [4.78, 5) is 10.5. The smallest absolute Gasteiger partial charge is 0.344 e. The molecular formula is C10H11BrO3. The van der Waals surface area contributed by atoms with Crippen LogP contribution in [0.5, 0.6) is 5.75 Å². The Morgan fingerprint density at radius 3 is 2.71 bits per heavy atom. The van der Waals surface area contributed by atoms with Gasteiger partial charge >= 0.3 is 5.97 Å². The maximum Gasteiger partial charge on any atom is 0.344 e. The first kappa shape index (κ1) is 11.0. The van der Waals surface area contributed by atoms with E-state index in [9.17, 15) is 4.79 Å². The fourth-order valence-electron chi connectivity index (χ4n) is 0.942. The van der Waals surface area contributed by atoms with E-state index in [0.29, 0.717) is 5.75 Å². The van der Waals surface area contributed by atoms with Crippen LogP contribution < -0.4 is 4.74 Å². The van der Waals surface area contributed by atoms with Crippen LogP contribution in [-0.2, 0) is 4.79 Å². The molecule has 0 saturated heterocycles. The summed E-state index contributed by atoms with van der Waals surface area (Å²) in [7, 11) is 0. The molecule has 0 amide bonds. The van der Waals surface area contributed by atoms with Gasteiger partial charge < -0.3 is 9.84 Å². The summed E-state index contributed by atoms with van der Waals surface area (Å²) in [6.07, 6.45) is -0.839. The summed E-state index contributed by atoms with van der Waals surface area (Å²) in [5.41, 5.74) is 1.09. The molecule has 0 bridgehead atoms. The van der Waals surface area contributed by atoms with E-state index in [4.69, 9.17) is 9.84 Å². The Hall–Kier alpha value is -1.03. The quantitative estimate of drug-likeness (QED) is 0.907. The van der Waals surface area contributed by atoms with Crippen molar-refractivity contribution in [2.75, 3.05) is 0 Å². The van der Waals surface area contributed by atoms with Crippen LogP contribution in [0.25, 0.3) is 0 Å². The summed E-state index contributed by atoms with van der Waals surface area (Å²) in [6, 6.07) is 5.50. The summed E-state index contributed by atoms with van der Waals surface area (Å²) >= 11 is 3.31. The van der Waals surface area contributed by atoms with Gasteiger partial charge in [0.1, 0.15) is 5.75 Å². The van der Waals surface area contributed by atoms with Crippen molar-refractivity contribution in [1.82, 2.24) is 0 Å². The number of aliphatic carboxylic acids is 1. The molecule has 1 aromatic carbocycles. The molecule has 0 saturated carbocycles. The molecule has 1 N–H and O–H groups in total. The minimum atomic E-state index is -0.975. The number of carbonyl (C=O) groups is 1. The van der Waals surface area contributed by atoms with Crippen molar-refractivity contribution in [2.24, 2.45) is 0 Å². The summed E-state index contributed by atoms with van der Waals surface area (Å²) in [5.74, 6) is -0.428. The van der Waals surface area contributed by atoms with Crippen molar-refractivity contribution in [3.05, 3.63) is 28.2 Å². The highest BCUT2D eigenvalue weighted by Gasteiger charge is 2.13. The maximum absolute atomic E-state index is 10.5. The van der Waals surface area contributed by atoms with Crippen molar-refractivity contribution in [3.63, 3.8) is 0 Å². The molecule has 0 aliphatic rings. The van der Waals surface area contributed by atoms with Crippen LogP contribution in [0.4, 0.5) is 0 Å². The van der Waals surface area contributed by atoms with Crippen LogP contribution >= 0.6 is 15.9 Å². The second kappa shape index (κ2) is 4.46. The molecule has 0 radical (unpaired) electrons. The van der Waals surface area contributed by atoms with Gasteiger partial charge in [0, 0.05) is 0 Å². The second-order valence-corrected chi connectivity index (χ2v) is 3.89. The predicted octanol–water partition coefficient (Wildman–Crippen LogP) is 2.61. The molecule has 0 fully saturated rings. The van der Waals surface area contributed by atoms with Gasteiger partial charge in [-0.3, -0.25) is 0 Å². The van der Waals surface area contributed by atoms with E-state index in [0.717, 1.165) is 10.0 Å². The van der Waals surface area contributed by atoms with E-state index >= 15 is 0 Å². The molecule has 76 valence electrons. The highest BCUT2D eigenvalue weighted by Crippen LogP contribution is 2.26. The highest BCUT2D eigenvalue weighted by molar-refractivity contribution is 9.10. The Labute approximate surface area is 90.8 Å². The number of carboxylic acid groups (broad SMARTS) is 1. The first-order valence-electron chi connectivity index (χ1n) is 4.16. The van der Waals surface area contributed by atoms with Crippen LogP contribution in [0, 0.1) is 6.92 Å². The number of hydrogen-bond acceptors (Lipinski definition) is 2. The van der Waals surface area contributed by atoms with Gasteiger partial charge in [0.2, 0.25) is 0 Å². The second-order valence-electron chi connectivity index (χ2n) is 3.03. The summed E-state index contributed by atoms with van der Waals surface area (Å²) < 4.78 is 5.98. The third-order valence-electron chi connectivity index (χ3n) is 1.74. The largest absolute Gasteiger partial charge is 0.479 e.